The summed E-state index contributed by atoms with van der Waals surface area (Å²) in [4.78, 5) is 28.1. The highest BCUT2D eigenvalue weighted by Crippen LogP contribution is 2.26. The minimum absolute atomic E-state index is 0.262. The number of anilines is 2. The highest BCUT2D eigenvalue weighted by Gasteiger charge is 2.20. The molecule has 5 nitrogen and oxygen atoms in total. The maximum Gasteiger partial charge on any atom is 0.340 e. The Kier molecular flexibility index (Phi) is 7.92. The maximum absolute atomic E-state index is 13.5. The Morgan fingerprint density at radius 2 is 1.20 bits per heavy atom. The number of hydrogen-bond acceptors (Lipinski definition) is 4. The van der Waals surface area contributed by atoms with E-state index >= 15 is 0 Å². The number of amides is 1. The molecule has 0 fully saturated rings. The van der Waals surface area contributed by atoms with Crippen molar-refractivity contribution in [3.63, 3.8) is 0 Å². The number of nitrogens with one attached hydrogen (secondary N) is 1. The zero-order valence-corrected chi connectivity index (χ0v) is 19.7. The molecule has 0 saturated carbocycles. The third-order valence-corrected chi connectivity index (χ3v) is 5.59. The molecule has 0 aliphatic rings. The molecular weight excluding hydrogens is 436 g/mol. The van der Waals surface area contributed by atoms with Gasteiger partial charge in [0.15, 0.2) is 0 Å². The normalized spacial score (nSPS) is 10.4. The number of benzene rings is 4. The number of carbonyl (C=O) groups excluding carboxylic acids is 2. The number of ether oxygens (including phenoxy) is 1. The fourth-order valence-electron chi connectivity index (χ4n) is 3.94. The van der Waals surface area contributed by atoms with Gasteiger partial charge in [0, 0.05) is 13.1 Å². The Labute approximate surface area is 206 Å². The van der Waals surface area contributed by atoms with Gasteiger partial charge >= 0.3 is 5.97 Å². The molecule has 4 aromatic carbocycles. The van der Waals surface area contributed by atoms with Crippen LogP contribution in [-0.4, -0.2) is 18.5 Å². The molecule has 0 bridgehead atoms. The average Bonchev–Trinajstić information content (AvgIpc) is 2.90. The van der Waals surface area contributed by atoms with Crippen LogP contribution >= 0.6 is 0 Å². The molecule has 4 rings (SSSR count). The molecule has 0 spiro atoms. The van der Waals surface area contributed by atoms with Crippen molar-refractivity contribution in [2.75, 3.05) is 16.8 Å². The van der Waals surface area contributed by atoms with Gasteiger partial charge in [-0.2, -0.15) is 0 Å². The van der Waals surface area contributed by atoms with Gasteiger partial charge in [0.05, 0.1) is 29.1 Å². The lowest BCUT2D eigenvalue weighted by molar-refractivity contribution is 0.0527. The van der Waals surface area contributed by atoms with Gasteiger partial charge in [-0.3, -0.25) is 4.79 Å². The van der Waals surface area contributed by atoms with Crippen LogP contribution in [0.2, 0.25) is 0 Å². The molecule has 4 aromatic rings. The first kappa shape index (κ1) is 23.8. The summed E-state index contributed by atoms with van der Waals surface area (Å²) in [5, 5.41) is 2.92. The summed E-state index contributed by atoms with van der Waals surface area (Å²) in [5.74, 6) is -0.755. The van der Waals surface area contributed by atoms with Crippen molar-refractivity contribution >= 4 is 23.3 Å². The minimum Gasteiger partial charge on any atom is -0.462 e. The van der Waals surface area contributed by atoms with E-state index in [1.807, 2.05) is 54.6 Å². The standard InChI is InChI=1S/C30H28N2O3/c1-2-35-30(34)25-17-9-11-19-27(25)31-29(33)26-18-10-12-20-28(26)32(21-23-13-5-3-6-14-23)22-24-15-7-4-8-16-24/h3-20H,2,21-22H2,1H3,(H,31,33). The Bertz CT molecular complexity index is 1230. The number of rotatable bonds is 9. The minimum atomic E-state index is -0.466. The Balaban J connectivity index is 1.66. The topological polar surface area (TPSA) is 58.6 Å². The molecule has 0 unspecified atom stereocenters. The fraction of sp³-hybridized carbons (Fsp3) is 0.133. The van der Waals surface area contributed by atoms with Crippen LogP contribution in [0.1, 0.15) is 38.8 Å². The highest BCUT2D eigenvalue weighted by atomic mass is 16.5. The third kappa shape index (κ3) is 6.15. The molecule has 35 heavy (non-hydrogen) atoms. The van der Waals surface area contributed by atoms with Crippen LogP contribution in [0.3, 0.4) is 0 Å². The zero-order chi connectivity index (χ0) is 24.5. The van der Waals surface area contributed by atoms with Crippen LogP contribution in [0.5, 0.6) is 0 Å². The highest BCUT2D eigenvalue weighted by molar-refractivity contribution is 6.10. The molecule has 0 aromatic heterocycles. The van der Waals surface area contributed by atoms with Crippen molar-refractivity contribution in [3.05, 3.63) is 131 Å². The molecule has 0 saturated heterocycles. The van der Waals surface area contributed by atoms with E-state index in [0.29, 0.717) is 29.9 Å². The second-order valence-electron chi connectivity index (χ2n) is 8.06. The summed E-state index contributed by atoms with van der Waals surface area (Å²) in [7, 11) is 0. The zero-order valence-electron chi connectivity index (χ0n) is 19.7. The van der Waals surface area contributed by atoms with E-state index < -0.39 is 5.97 Å². The summed E-state index contributed by atoms with van der Waals surface area (Å²) in [6.45, 7) is 3.29. The van der Waals surface area contributed by atoms with Gasteiger partial charge in [0.25, 0.3) is 5.91 Å². The molecule has 176 valence electrons. The van der Waals surface area contributed by atoms with Crippen molar-refractivity contribution in [2.45, 2.75) is 20.0 Å². The van der Waals surface area contributed by atoms with Crippen molar-refractivity contribution < 1.29 is 14.3 Å². The molecule has 0 radical (unpaired) electrons. The number of nitrogens with zero attached hydrogens (tertiary/aromatic N) is 1. The molecule has 0 heterocycles. The van der Waals surface area contributed by atoms with Crippen molar-refractivity contribution in [1.29, 1.82) is 0 Å². The summed E-state index contributed by atoms with van der Waals surface area (Å²) < 4.78 is 5.15. The quantitative estimate of drug-likeness (QED) is 0.294. The maximum atomic E-state index is 13.5. The molecule has 0 aliphatic heterocycles. The molecule has 5 heteroatoms. The summed E-state index contributed by atoms with van der Waals surface area (Å²) in [6.07, 6.45) is 0. The molecule has 1 amide bonds. The van der Waals surface area contributed by atoms with Crippen molar-refractivity contribution in [3.8, 4) is 0 Å². The fourth-order valence-corrected chi connectivity index (χ4v) is 3.94. The summed E-state index contributed by atoms with van der Waals surface area (Å²) in [5.41, 5.74) is 4.37. The second kappa shape index (κ2) is 11.7. The first-order valence-electron chi connectivity index (χ1n) is 11.6. The Morgan fingerprint density at radius 3 is 1.80 bits per heavy atom. The van der Waals surface area contributed by atoms with Crippen LogP contribution in [-0.2, 0) is 17.8 Å². The molecule has 1 N–H and O–H groups in total. The van der Waals surface area contributed by atoms with Crippen molar-refractivity contribution in [2.24, 2.45) is 0 Å². The van der Waals surface area contributed by atoms with Crippen LogP contribution in [0.25, 0.3) is 0 Å². The lowest BCUT2D eigenvalue weighted by atomic mass is 10.1. The summed E-state index contributed by atoms with van der Waals surface area (Å²) in [6, 6.07) is 34.8. The van der Waals surface area contributed by atoms with Crippen LogP contribution < -0.4 is 10.2 Å². The third-order valence-electron chi connectivity index (χ3n) is 5.59. The predicted molar refractivity (Wildman–Crippen MR) is 140 cm³/mol. The van der Waals surface area contributed by atoms with Crippen LogP contribution in [0, 0.1) is 0 Å². The first-order valence-corrected chi connectivity index (χ1v) is 11.6. The van der Waals surface area contributed by atoms with Crippen LogP contribution in [0.15, 0.2) is 109 Å². The summed E-state index contributed by atoms with van der Waals surface area (Å²) >= 11 is 0. The van der Waals surface area contributed by atoms with Gasteiger partial charge in [-0.25, -0.2) is 4.79 Å². The largest absolute Gasteiger partial charge is 0.462 e. The van der Waals surface area contributed by atoms with Crippen molar-refractivity contribution in [1.82, 2.24) is 0 Å². The second-order valence-corrected chi connectivity index (χ2v) is 8.06. The smallest absolute Gasteiger partial charge is 0.340 e. The van der Waals surface area contributed by atoms with Gasteiger partial charge in [-0.1, -0.05) is 84.9 Å². The van der Waals surface area contributed by atoms with E-state index in [9.17, 15) is 9.59 Å². The van der Waals surface area contributed by atoms with E-state index in [4.69, 9.17) is 4.74 Å². The van der Waals surface area contributed by atoms with Crippen LogP contribution in [0.4, 0.5) is 11.4 Å². The Hall–Kier alpha value is -4.38. The van der Waals surface area contributed by atoms with Gasteiger partial charge < -0.3 is 15.0 Å². The van der Waals surface area contributed by atoms with Gasteiger partial charge in [0.2, 0.25) is 0 Å². The van der Waals surface area contributed by atoms with E-state index in [1.54, 1.807) is 37.3 Å². The van der Waals surface area contributed by atoms with Gasteiger partial charge in [-0.15, -0.1) is 0 Å². The van der Waals surface area contributed by atoms with E-state index in [-0.39, 0.29) is 12.5 Å². The Morgan fingerprint density at radius 1 is 0.686 bits per heavy atom. The lowest BCUT2D eigenvalue weighted by Gasteiger charge is -2.27. The first-order chi connectivity index (χ1) is 17.2. The monoisotopic (exact) mass is 464 g/mol. The number of hydrogen-bond donors (Lipinski definition) is 1. The lowest BCUT2D eigenvalue weighted by Crippen LogP contribution is -2.26. The number of esters is 1. The van der Waals surface area contributed by atoms with E-state index in [0.717, 1.165) is 16.8 Å². The molecule has 0 atom stereocenters. The predicted octanol–water partition coefficient (Wildman–Crippen LogP) is 6.32. The SMILES string of the molecule is CCOC(=O)c1ccccc1NC(=O)c1ccccc1N(Cc1ccccc1)Cc1ccccc1. The van der Waals surface area contributed by atoms with Gasteiger partial charge in [-0.05, 0) is 42.3 Å². The van der Waals surface area contributed by atoms with Gasteiger partial charge in [0.1, 0.15) is 0 Å². The van der Waals surface area contributed by atoms with E-state index in [1.165, 1.54) is 0 Å². The van der Waals surface area contributed by atoms with E-state index in [2.05, 4.69) is 34.5 Å². The number of carbonyl (C=O) groups is 2. The average molecular weight is 465 g/mol. The molecule has 0 aliphatic carbocycles. The number of para-hydroxylation sites is 2. The molecular formula is C30H28N2O3.